The highest BCUT2D eigenvalue weighted by Crippen LogP contribution is 2.14. The SMILES string of the molecule is COCCNc1cccc(NC(C)=O)c1. The van der Waals surface area contributed by atoms with E-state index in [0.717, 1.165) is 17.9 Å². The Morgan fingerprint density at radius 2 is 2.13 bits per heavy atom. The molecule has 0 heterocycles. The molecule has 1 amide bonds. The van der Waals surface area contributed by atoms with Gasteiger partial charge in [0.25, 0.3) is 0 Å². The lowest BCUT2D eigenvalue weighted by Crippen LogP contribution is -2.09. The quantitative estimate of drug-likeness (QED) is 0.724. The number of benzene rings is 1. The van der Waals surface area contributed by atoms with Crippen LogP contribution in [0.4, 0.5) is 11.4 Å². The van der Waals surface area contributed by atoms with Gasteiger partial charge >= 0.3 is 0 Å². The first-order valence-corrected chi connectivity index (χ1v) is 4.83. The molecule has 0 aromatic heterocycles. The van der Waals surface area contributed by atoms with Crippen LogP contribution < -0.4 is 10.6 Å². The van der Waals surface area contributed by atoms with E-state index in [1.165, 1.54) is 6.92 Å². The second kappa shape index (κ2) is 6.03. The maximum absolute atomic E-state index is 10.8. The van der Waals surface area contributed by atoms with Gasteiger partial charge in [-0.05, 0) is 18.2 Å². The van der Waals surface area contributed by atoms with Crippen LogP contribution in [-0.2, 0) is 9.53 Å². The lowest BCUT2D eigenvalue weighted by Gasteiger charge is -2.07. The Kier molecular flexibility index (Phi) is 4.63. The van der Waals surface area contributed by atoms with Gasteiger partial charge in [0, 0.05) is 32.0 Å². The average molecular weight is 208 g/mol. The molecule has 1 aromatic rings. The van der Waals surface area contributed by atoms with Crippen molar-refractivity contribution in [2.75, 3.05) is 30.9 Å². The van der Waals surface area contributed by atoms with Crippen molar-refractivity contribution in [1.29, 1.82) is 0 Å². The van der Waals surface area contributed by atoms with Gasteiger partial charge in [-0.25, -0.2) is 0 Å². The van der Waals surface area contributed by atoms with Crippen LogP contribution in [0.15, 0.2) is 24.3 Å². The van der Waals surface area contributed by atoms with Gasteiger partial charge in [-0.1, -0.05) is 6.07 Å². The summed E-state index contributed by atoms with van der Waals surface area (Å²) in [7, 11) is 1.66. The van der Waals surface area contributed by atoms with Gasteiger partial charge in [-0.15, -0.1) is 0 Å². The fraction of sp³-hybridized carbons (Fsp3) is 0.364. The van der Waals surface area contributed by atoms with E-state index in [9.17, 15) is 4.79 Å². The number of rotatable bonds is 5. The van der Waals surface area contributed by atoms with E-state index in [1.54, 1.807) is 7.11 Å². The molecule has 4 heteroatoms. The summed E-state index contributed by atoms with van der Waals surface area (Å²) in [5.41, 5.74) is 1.77. The minimum Gasteiger partial charge on any atom is -0.383 e. The van der Waals surface area contributed by atoms with Crippen molar-refractivity contribution in [2.24, 2.45) is 0 Å². The Balaban J connectivity index is 2.53. The molecule has 0 aliphatic carbocycles. The van der Waals surface area contributed by atoms with Gasteiger partial charge in [0.2, 0.25) is 5.91 Å². The smallest absolute Gasteiger partial charge is 0.221 e. The Bertz CT molecular complexity index is 326. The van der Waals surface area contributed by atoms with Crippen LogP contribution in [0.2, 0.25) is 0 Å². The van der Waals surface area contributed by atoms with Gasteiger partial charge in [0.1, 0.15) is 0 Å². The topological polar surface area (TPSA) is 50.4 Å². The summed E-state index contributed by atoms with van der Waals surface area (Å²) in [6.45, 7) is 2.90. The third-order valence-electron chi connectivity index (χ3n) is 1.82. The number of carbonyl (C=O) groups excluding carboxylic acids is 1. The Hall–Kier alpha value is -1.55. The van der Waals surface area contributed by atoms with Gasteiger partial charge < -0.3 is 15.4 Å². The molecule has 0 aliphatic rings. The summed E-state index contributed by atoms with van der Waals surface area (Å²) in [5.74, 6) is -0.0657. The molecule has 15 heavy (non-hydrogen) atoms. The number of anilines is 2. The molecule has 0 saturated heterocycles. The Morgan fingerprint density at radius 3 is 2.80 bits per heavy atom. The molecule has 0 spiro atoms. The highest BCUT2D eigenvalue weighted by molar-refractivity contribution is 5.89. The predicted molar refractivity (Wildman–Crippen MR) is 61.1 cm³/mol. The normalized spacial score (nSPS) is 9.73. The van der Waals surface area contributed by atoms with E-state index < -0.39 is 0 Å². The number of carbonyl (C=O) groups is 1. The number of methoxy groups -OCH3 is 1. The van der Waals surface area contributed by atoms with Gasteiger partial charge in [0.05, 0.1) is 6.61 Å². The van der Waals surface area contributed by atoms with E-state index in [1.807, 2.05) is 24.3 Å². The van der Waals surface area contributed by atoms with E-state index in [0.29, 0.717) is 6.61 Å². The molecule has 0 radical (unpaired) electrons. The third kappa shape index (κ3) is 4.46. The predicted octanol–water partition coefficient (Wildman–Crippen LogP) is 1.70. The van der Waals surface area contributed by atoms with E-state index in [2.05, 4.69) is 10.6 Å². The van der Waals surface area contributed by atoms with Crippen molar-refractivity contribution >= 4 is 17.3 Å². The molecule has 0 atom stereocenters. The first kappa shape index (κ1) is 11.5. The van der Waals surface area contributed by atoms with E-state index in [4.69, 9.17) is 4.74 Å². The van der Waals surface area contributed by atoms with Crippen LogP contribution in [0.1, 0.15) is 6.92 Å². The van der Waals surface area contributed by atoms with Crippen LogP contribution in [0.5, 0.6) is 0 Å². The number of hydrogen-bond acceptors (Lipinski definition) is 3. The third-order valence-corrected chi connectivity index (χ3v) is 1.82. The zero-order chi connectivity index (χ0) is 11.1. The highest BCUT2D eigenvalue weighted by Gasteiger charge is 1.96. The fourth-order valence-corrected chi connectivity index (χ4v) is 1.21. The van der Waals surface area contributed by atoms with Crippen molar-refractivity contribution in [2.45, 2.75) is 6.92 Å². The van der Waals surface area contributed by atoms with Crippen molar-refractivity contribution in [3.05, 3.63) is 24.3 Å². The minimum absolute atomic E-state index is 0.0657. The van der Waals surface area contributed by atoms with Crippen LogP contribution >= 0.6 is 0 Å². The number of hydrogen-bond donors (Lipinski definition) is 2. The summed E-state index contributed by atoms with van der Waals surface area (Å²) in [6, 6.07) is 7.57. The minimum atomic E-state index is -0.0657. The average Bonchev–Trinajstić information content (AvgIpc) is 2.18. The molecule has 1 aromatic carbocycles. The van der Waals surface area contributed by atoms with Crippen LogP contribution in [-0.4, -0.2) is 26.2 Å². The zero-order valence-electron chi connectivity index (χ0n) is 9.04. The molecular formula is C11H16N2O2. The summed E-state index contributed by atoms with van der Waals surface area (Å²) in [5, 5.41) is 5.91. The number of amides is 1. The lowest BCUT2D eigenvalue weighted by molar-refractivity contribution is -0.114. The maximum atomic E-state index is 10.8. The molecular weight excluding hydrogens is 192 g/mol. The molecule has 2 N–H and O–H groups in total. The number of nitrogens with one attached hydrogen (secondary N) is 2. The largest absolute Gasteiger partial charge is 0.383 e. The van der Waals surface area contributed by atoms with Gasteiger partial charge in [-0.2, -0.15) is 0 Å². The van der Waals surface area contributed by atoms with Crippen LogP contribution in [0.3, 0.4) is 0 Å². The standard InChI is InChI=1S/C11H16N2O2/c1-9(14)13-11-5-3-4-10(8-11)12-6-7-15-2/h3-5,8,12H,6-7H2,1-2H3,(H,13,14). The van der Waals surface area contributed by atoms with Crippen molar-refractivity contribution in [3.63, 3.8) is 0 Å². The van der Waals surface area contributed by atoms with Crippen molar-refractivity contribution < 1.29 is 9.53 Å². The monoisotopic (exact) mass is 208 g/mol. The highest BCUT2D eigenvalue weighted by atomic mass is 16.5. The summed E-state index contributed by atoms with van der Waals surface area (Å²) < 4.78 is 4.93. The fourth-order valence-electron chi connectivity index (χ4n) is 1.21. The summed E-state index contributed by atoms with van der Waals surface area (Å²) in [4.78, 5) is 10.8. The molecule has 4 nitrogen and oxygen atoms in total. The first-order chi connectivity index (χ1) is 7.22. The maximum Gasteiger partial charge on any atom is 0.221 e. The second-order valence-electron chi connectivity index (χ2n) is 3.18. The summed E-state index contributed by atoms with van der Waals surface area (Å²) >= 11 is 0. The molecule has 0 saturated carbocycles. The van der Waals surface area contributed by atoms with Crippen molar-refractivity contribution in [1.82, 2.24) is 0 Å². The second-order valence-corrected chi connectivity index (χ2v) is 3.18. The molecule has 0 aliphatic heterocycles. The van der Waals surface area contributed by atoms with Crippen LogP contribution in [0, 0.1) is 0 Å². The van der Waals surface area contributed by atoms with Gasteiger partial charge in [0.15, 0.2) is 0 Å². The molecule has 1 rings (SSSR count). The van der Waals surface area contributed by atoms with Gasteiger partial charge in [-0.3, -0.25) is 4.79 Å². The Labute approximate surface area is 89.6 Å². The van der Waals surface area contributed by atoms with E-state index in [-0.39, 0.29) is 5.91 Å². The van der Waals surface area contributed by atoms with Crippen LogP contribution in [0.25, 0.3) is 0 Å². The van der Waals surface area contributed by atoms with E-state index >= 15 is 0 Å². The zero-order valence-corrected chi connectivity index (χ0v) is 9.04. The molecule has 0 unspecified atom stereocenters. The molecule has 0 bridgehead atoms. The van der Waals surface area contributed by atoms with Crippen molar-refractivity contribution in [3.8, 4) is 0 Å². The molecule has 82 valence electrons. The summed E-state index contributed by atoms with van der Waals surface area (Å²) in [6.07, 6.45) is 0. The lowest BCUT2D eigenvalue weighted by atomic mass is 10.2. The first-order valence-electron chi connectivity index (χ1n) is 4.83. The Morgan fingerprint density at radius 1 is 1.40 bits per heavy atom. The molecule has 0 fully saturated rings. The number of ether oxygens (including phenoxy) is 1.